The van der Waals surface area contributed by atoms with Crippen molar-refractivity contribution in [1.82, 2.24) is 0 Å². The van der Waals surface area contributed by atoms with E-state index in [2.05, 4.69) is 13.2 Å². The lowest BCUT2D eigenvalue weighted by molar-refractivity contribution is -0.137. The molecule has 0 heterocycles. The molecule has 0 radical (unpaired) electrons. The van der Waals surface area contributed by atoms with Crippen molar-refractivity contribution in [2.75, 3.05) is 13.2 Å². The third-order valence-electron chi connectivity index (χ3n) is 5.53. The Morgan fingerprint density at radius 2 is 0.927 bits per heavy atom. The van der Waals surface area contributed by atoms with Crippen LogP contribution in [0.4, 0.5) is 0 Å². The molecule has 41 heavy (non-hydrogen) atoms. The number of carbonyl (C=O) groups is 4. The number of unbranched alkanes of at least 4 members (excludes halogenated alkanes) is 3. The van der Waals surface area contributed by atoms with Gasteiger partial charge in [-0.15, -0.1) is 0 Å². The fourth-order valence-electron chi connectivity index (χ4n) is 3.39. The molecule has 0 spiro atoms. The van der Waals surface area contributed by atoms with Crippen molar-refractivity contribution in [2.45, 2.75) is 25.7 Å². The van der Waals surface area contributed by atoms with Crippen LogP contribution < -0.4 is 18.9 Å². The van der Waals surface area contributed by atoms with Crippen LogP contribution in [-0.4, -0.2) is 37.1 Å². The first-order valence-electron chi connectivity index (χ1n) is 12.9. The van der Waals surface area contributed by atoms with Crippen LogP contribution in [0, 0.1) is 0 Å². The summed E-state index contributed by atoms with van der Waals surface area (Å²) in [5.74, 6) is -0.714. The third kappa shape index (κ3) is 10.5. The van der Waals surface area contributed by atoms with Crippen molar-refractivity contribution in [1.29, 1.82) is 0 Å². The molecule has 0 fully saturated rings. The lowest BCUT2D eigenvalue weighted by atomic mass is 10.2. The van der Waals surface area contributed by atoms with E-state index < -0.39 is 23.9 Å². The third-order valence-corrected chi connectivity index (χ3v) is 5.53. The van der Waals surface area contributed by atoms with E-state index in [1.54, 1.807) is 24.3 Å². The highest BCUT2D eigenvalue weighted by Gasteiger charge is 2.12. The van der Waals surface area contributed by atoms with E-state index in [4.69, 9.17) is 23.7 Å². The maximum Gasteiger partial charge on any atom is 0.343 e. The van der Waals surface area contributed by atoms with Gasteiger partial charge in [-0.25, -0.2) is 19.2 Å². The molecular weight excluding hydrogens is 528 g/mol. The van der Waals surface area contributed by atoms with Crippen LogP contribution in [0.2, 0.25) is 0 Å². The molecule has 3 rings (SSSR count). The van der Waals surface area contributed by atoms with Crippen molar-refractivity contribution in [3.05, 3.63) is 109 Å². The van der Waals surface area contributed by atoms with Gasteiger partial charge in [0.1, 0.15) is 23.0 Å². The first-order valence-corrected chi connectivity index (χ1v) is 12.9. The van der Waals surface area contributed by atoms with Crippen LogP contribution in [0.25, 0.3) is 0 Å². The topological polar surface area (TPSA) is 114 Å². The molecule has 0 aliphatic carbocycles. The maximum atomic E-state index is 12.5. The summed E-state index contributed by atoms with van der Waals surface area (Å²) >= 11 is 0. The number of hydrogen-bond donors (Lipinski definition) is 0. The average molecular weight is 559 g/mol. The maximum absolute atomic E-state index is 12.5. The summed E-state index contributed by atoms with van der Waals surface area (Å²) in [5.41, 5.74) is 0.610. The van der Waals surface area contributed by atoms with Crippen LogP contribution in [0.3, 0.4) is 0 Å². The van der Waals surface area contributed by atoms with Gasteiger partial charge in [-0.2, -0.15) is 0 Å². The van der Waals surface area contributed by atoms with E-state index in [1.165, 1.54) is 48.5 Å². The van der Waals surface area contributed by atoms with Gasteiger partial charge in [0, 0.05) is 12.2 Å². The first-order chi connectivity index (χ1) is 19.9. The SMILES string of the molecule is C=CC(=O)OCCCCCCOc1ccc(C(=O)Oc2ccc(OC(=O)c3ccc(OC(=O)C=C)cc3)cc2)cc1. The van der Waals surface area contributed by atoms with E-state index in [-0.39, 0.29) is 22.8 Å². The fourth-order valence-corrected chi connectivity index (χ4v) is 3.39. The van der Waals surface area contributed by atoms with Crippen LogP contribution in [-0.2, 0) is 14.3 Å². The predicted octanol–water partition coefficient (Wildman–Crippen LogP) is 5.88. The van der Waals surface area contributed by atoms with Crippen molar-refractivity contribution in [2.24, 2.45) is 0 Å². The largest absolute Gasteiger partial charge is 0.494 e. The zero-order valence-corrected chi connectivity index (χ0v) is 22.4. The summed E-state index contributed by atoms with van der Waals surface area (Å²) in [7, 11) is 0. The first kappa shape index (κ1) is 30.4. The zero-order valence-electron chi connectivity index (χ0n) is 22.4. The van der Waals surface area contributed by atoms with Crippen LogP contribution in [0.5, 0.6) is 23.0 Å². The van der Waals surface area contributed by atoms with Crippen LogP contribution in [0.1, 0.15) is 46.4 Å². The van der Waals surface area contributed by atoms with Crippen molar-refractivity contribution < 1.29 is 42.9 Å². The molecule has 0 atom stereocenters. The molecule has 0 saturated heterocycles. The number of ether oxygens (including phenoxy) is 5. The molecule has 3 aromatic rings. The second-order valence-corrected chi connectivity index (χ2v) is 8.56. The Labute approximate surface area is 237 Å². The quantitative estimate of drug-likeness (QED) is 0.0975. The molecule has 9 heteroatoms. The summed E-state index contributed by atoms with van der Waals surface area (Å²) in [6.45, 7) is 7.59. The Balaban J connectivity index is 1.39. The molecule has 212 valence electrons. The van der Waals surface area contributed by atoms with Gasteiger partial charge in [-0.05, 0) is 98.5 Å². The molecule has 0 aliphatic rings. The van der Waals surface area contributed by atoms with Gasteiger partial charge in [0.05, 0.1) is 24.3 Å². The Morgan fingerprint density at radius 1 is 0.512 bits per heavy atom. The second-order valence-electron chi connectivity index (χ2n) is 8.56. The summed E-state index contributed by atoms with van der Waals surface area (Å²) in [4.78, 5) is 47.1. The van der Waals surface area contributed by atoms with E-state index in [0.717, 1.165) is 37.8 Å². The highest BCUT2D eigenvalue weighted by molar-refractivity contribution is 5.92. The second kappa shape index (κ2) is 16.0. The monoisotopic (exact) mass is 558 g/mol. The van der Waals surface area contributed by atoms with Crippen molar-refractivity contribution in [3.63, 3.8) is 0 Å². The van der Waals surface area contributed by atoms with Gasteiger partial charge in [0.2, 0.25) is 0 Å². The van der Waals surface area contributed by atoms with E-state index in [9.17, 15) is 19.2 Å². The molecule has 0 aromatic heterocycles. The van der Waals surface area contributed by atoms with Gasteiger partial charge in [0.25, 0.3) is 0 Å². The molecule has 3 aromatic carbocycles. The predicted molar refractivity (Wildman–Crippen MR) is 150 cm³/mol. The molecule has 0 unspecified atom stereocenters. The number of esters is 4. The zero-order chi connectivity index (χ0) is 29.5. The molecule has 0 N–H and O–H groups in total. The summed E-state index contributed by atoms with van der Waals surface area (Å²) in [6, 6.07) is 18.5. The van der Waals surface area contributed by atoms with Gasteiger partial charge in [-0.3, -0.25) is 0 Å². The van der Waals surface area contributed by atoms with Gasteiger partial charge < -0.3 is 23.7 Å². The Morgan fingerprint density at radius 3 is 1.41 bits per heavy atom. The summed E-state index contributed by atoms with van der Waals surface area (Å²) < 4.78 is 26.3. The minimum absolute atomic E-state index is 0.259. The molecule has 9 nitrogen and oxygen atoms in total. The number of carbonyl (C=O) groups excluding carboxylic acids is 4. The fraction of sp³-hybridized carbons (Fsp3) is 0.188. The van der Waals surface area contributed by atoms with Crippen molar-refractivity contribution in [3.8, 4) is 23.0 Å². The standard InChI is InChI=1S/C32H30O9/c1-3-29(33)38-22-8-6-5-7-21-37-25-13-9-23(10-14-25)31(35)40-27-17-19-28(20-18-27)41-32(36)24-11-15-26(16-12-24)39-30(34)4-2/h3-4,9-20H,1-2,5-8,21-22H2. The van der Waals surface area contributed by atoms with Gasteiger partial charge in [-0.1, -0.05) is 13.2 Å². The Kier molecular flexibility index (Phi) is 11.9. The van der Waals surface area contributed by atoms with Crippen molar-refractivity contribution >= 4 is 23.9 Å². The smallest absolute Gasteiger partial charge is 0.343 e. The molecule has 0 amide bonds. The minimum Gasteiger partial charge on any atom is -0.494 e. The normalized spacial score (nSPS) is 10.1. The lowest BCUT2D eigenvalue weighted by Gasteiger charge is -2.09. The minimum atomic E-state index is -0.606. The van der Waals surface area contributed by atoms with E-state index in [0.29, 0.717) is 24.5 Å². The molecular formula is C32H30O9. The summed E-state index contributed by atoms with van der Waals surface area (Å²) in [5, 5.41) is 0. The number of benzene rings is 3. The number of hydrogen-bond acceptors (Lipinski definition) is 9. The Hall–Kier alpha value is -5.18. The van der Waals surface area contributed by atoms with Crippen LogP contribution in [0.15, 0.2) is 98.1 Å². The molecule has 0 saturated carbocycles. The van der Waals surface area contributed by atoms with Crippen LogP contribution >= 0.6 is 0 Å². The number of rotatable bonds is 15. The Bertz CT molecular complexity index is 1340. The summed E-state index contributed by atoms with van der Waals surface area (Å²) in [6.07, 6.45) is 5.69. The highest BCUT2D eigenvalue weighted by atomic mass is 16.5. The average Bonchev–Trinajstić information content (AvgIpc) is 2.99. The lowest BCUT2D eigenvalue weighted by Crippen LogP contribution is -2.10. The van der Waals surface area contributed by atoms with E-state index >= 15 is 0 Å². The molecule has 0 aliphatic heterocycles. The van der Waals surface area contributed by atoms with Gasteiger partial charge >= 0.3 is 23.9 Å². The molecule has 0 bridgehead atoms. The van der Waals surface area contributed by atoms with Gasteiger partial charge in [0.15, 0.2) is 0 Å². The van der Waals surface area contributed by atoms with E-state index in [1.807, 2.05) is 0 Å². The highest BCUT2D eigenvalue weighted by Crippen LogP contribution is 2.21.